The number of halogens is 1. The van der Waals surface area contributed by atoms with Crippen LogP contribution in [0.2, 0.25) is 5.02 Å². The summed E-state index contributed by atoms with van der Waals surface area (Å²) in [7, 11) is 1.55. The van der Waals surface area contributed by atoms with E-state index in [2.05, 4.69) is 10.5 Å². The predicted octanol–water partition coefficient (Wildman–Crippen LogP) is 5.09. The van der Waals surface area contributed by atoms with Gasteiger partial charge in [0.25, 0.3) is 5.91 Å². The molecular weight excluding hydrogens is 416 g/mol. The number of rotatable bonds is 9. The zero-order valence-corrected chi connectivity index (χ0v) is 18.1. The zero-order valence-electron chi connectivity index (χ0n) is 17.3. The number of nitrogens with one attached hydrogen (secondary N) is 1. The van der Waals surface area contributed by atoms with Crippen molar-refractivity contribution in [1.29, 1.82) is 0 Å². The predicted molar refractivity (Wildman–Crippen MR) is 121 cm³/mol. The van der Waals surface area contributed by atoms with E-state index in [0.29, 0.717) is 41.0 Å². The zero-order chi connectivity index (χ0) is 22.1. The highest BCUT2D eigenvalue weighted by molar-refractivity contribution is 6.30. The number of amides is 1. The largest absolute Gasteiger partial charge is 0.497 e. The van der Waals surface area contributed by atoms with E-state index in [4.69, 9.17) is 25.8 Å². The smallest absolute Gasteiger partial charge is 0.271 e. The van der Waals surface area contributed by atoms with Crippen molar-refractivity contribution >= 4 is 23.7 Å². The van der Waals surface area contributed by atoms with E-state index < -0.39 is 0 Å². The Morgan fingerprint density at radius 1 is 1.03 bits per heavy atom. The molecule has 0 atom stereocenters. The standard InChI is InChI=1S/C24H23ClN2O4/c1-3-30-23-13-17(10-11-22(23)31-16-18-6-4-8-20(25)12-18)15-26-27-24(28)19-7-5-9-21(14-19)29-2/h4-15H,3,16H2,1-2H3,(H,27,28)/b26-15-. The van der Waals surface area contributed by atoms with E-state index in [9.17, 15) is 4.79 Å². The Morgan fingerprint density at radius 2 is 1.87 bits per heavy atom. The van der Waals surface area contributed by atoms with Crippen molar-refractivity contribution in [3.05, 3.63) is 88.4 Å². The second kappa shape index (κ2) is 11.0. The number of methoxy groups -OCH3 is 1. The lowest BCUT2D eigenvalue weighted by Crippen LogP contribution is -2.17. The monoisotopic (exact) mass is 438 g/mol. The highest BCUT2D eigenvalue weighted by Gasteiger charge is 2.08. The summed E-state index contributed by atoms with van der Waals surface area (Å²) in [4.78, 5) is 12.2. The van der Waals surface area contributed by atoms with Gasteiger partial charge in [0.2, 0.25) is 0 Å². The third kappa shape index (κ3) is 6.49. The topological polar surface area (TPSA) is 69.2 Å². The first kappa shape index (κ1) is 22.2. The van der Waals surface area contributed by atoms with Gasteiger partial charge in [0, 0.05) is 10.6 Å². The number of ether oxygens (including phenoxy) is 3. The number of nitrogens with zero attached hydrogens (tertiary/aromatic N) is 1. The molecule has 0 fully saturated rings. The fraction of sp³-hybridized carbons (Fsp3) is 0.167. The number of carbonyl (C=O) groups excluding carboxylic acids is 1. The van der Waals surface area contributed by atoms with Crippen molar-refractivity contribution in [2.75, 3.05) is 13.7 Å². The summed E-state index contributed by atoms with van der Waals surface area (Å²) in [6, 6.07) is 19.8. The first-order chi connectivity index (χ1) is 15.1. The number of hydrogen-bond donors (Lipinski definition) is 1. The number of hydrazone groups is 1. The third-order valence-corrected chi connectivity index (χ3v) is 4.50. The molecule has 1 N–H and O–H groups in total. The summed E-state index contributed by atoms with van der Waals surface area (Å²) in [5.41, 5.74) is 4.68. The minimum atomic E-state index is -0.332. The maximum atomic E-state index is 12.2. The van der Waals surface area contributed by atoms with Crippen molar-refractivity contribution in [2.45, 2.75) is 13.5 Å². The number of benzene rings is 3. The summed E-state index contributed by atoms with van der Waals surface area (Å²) >= 11 is 6.02. The van der Waals surface area contributed by atoms with Gasteiger partial charge in [0.05, 0.1) is 19.9 Å². The molecule has 0 bridgehead atoms. The molecule has 0 saturated carbocycles. The lowest BCUT2D eigenvalue weighted by molar-refractivity contribution is 0.0955. The molecule has 0 aromatic heterocycles. The fourth-order valence-electron chi connectivity index (χ4n) is 2.77. The molecular formula is C24H23ClN2O4. The quantitative estimate of drug-likeness (QED) is 0.373. The second-order valence-corrected chi connectivity index (χ2v) is 6.93. The molecule has 7 heteroatoms. The van der Waals surface area contributed by atoms with Gasteiger partial charge in [-0.2, -0.15) is 5.10 Å². The van der Waals surface area contributed by atoms with Gasteiger partial charge in [0.1, 0.15) is 12.4 Å². The molecule has 0 heterocycles. The van der Waals surface area contributed by atoms with Crippen molar-refractivity contribution in [2.24, 2.45) is 5.10 Å². The van der Waals surface area contributed by atoms with Gasteiger partial charge in [-0.3, -0.25) is 4.79 Å². The molecule has 6 nitrogen and oxygen atoms in total. The van der Waals surface area contributed by atoms with E-state index in [1.54, 1.807) is 49.7 Å². The number of hydrogen-bond acceptors (Lipinski definition) is 5. The number of carbonyl (C=O) groups is 1. The van der Waals surface area contributed by atoms with Crippen LogP contribution >= 0.6 is 11.6 Å². The van der Waals surface area contributed by atoms with Crippen LogP contribution in [0.1, 0.15) is 28.4 Å². The summed E-state index contributed by atoms with van der Waals surface area (Å²) in [6.07, 6.45) is 1.54. The average Bonchev–Trinajstić information content (AvgIpc) is 2.79. The minimum absolute atomic E-state index is 0.332. The first-order valence-electron chi connectivity index (χ1n) is 9.70. The molecule has 31 heavy (non-hydrogen) atoms. The van der Waals surface area contributed by atoms with Crippen LogP contribution in [0, 0.1) is 0 Å². The molecule has 3 rings (SSSR count). The fourth-order valence-corrected chi connectivity index (χ4v) is 2.99. The van der Waals surface area contributed by atoms with Gasteiger partial charge >= 0.3 is 0 Å². The Hall–Kier alpha value is -3.51. The lowest BCUT2D eigenvalue weighted by atomic mass is 10.2. The molecule has 3 aromatic rings. The van der Waals surface area contributed by atoms with E-state index in [0.717, 1.165) is 11.1 Å². The first-order valence-corrected chi connectivity index (χ1v) is 10.1. The van der Waals surface area contributed by atoms with Crippen LogP contribution in [0.4, 0.5) is 0 Å². The highest BCUT2D eigenvalue weighted by atomic mass is 35.5. The van der Waals surface area contributed by atoms with Gasteiger partial charge in [-0.1, -0.05) is 29.8 Å². The molecule has 3 aromatic carbocycles. The van der Waals surface area contributed by atoms with Crippen LogP contribution in [-0.2, 0) is 6.61 Å². The van der Waals surface area contributed by atoms with Crippen LogP contribution in [-0.4, -0.2) is 25.8 Å². The molecule has 0 spiro atoms. The van der Waals surface area contributed by atoms with Gasteiger partial charge in [-0.25, -0.2) is 5.43 Å². The molecule has 0 radical (unpaired) electrons. The Bertz CT molecular complexity index is 1070. The van der Waals surface area contributed by atoms with Crippen LogP contribution in [0.3, 0.4) is 0 Å². The molecule has 1 amide bonds. The van der Waals surface area contributed by atoms with E-state index in [-0.39, 0.29) is 5.91 Å². The van der Waals surface area contributed by atoms with Crippen LogP contribution in [0.25, 0.3) is 0 Å². The highest BCUT2D eigenvalue weighted by Crippen LogP contribution is 2.29. The van der Waals surface area contributed by atoms with Gasteiger partial charge < -0.3 is 14.2 Å². The molecule has 0 aliphatic heterocycles. The Morgan fingerprint density at radius 3 is 2.65 bits per heavy atom. The molecule has 0 aliphatic rings. The summed E-state index contributed by atoms with van der Waals surface area (Å²) in [5.74, 6) is 1.47. The maximum Gasteiger partial charge on any atom is 0.271 e. The molecule has 0 unspecified atom stereocenters. The third-order valence-electron chi connectivity index (χ3n) is 4.26. The van der Waals surface area contributed by atoms with Crippen molar-refractivity contribution in [3.63, 3.8) is 0 Å². The van der Waals surface area contributed by atoms with Crippen molar-refractivity contribution in [3.8, 4) is 17.2 Å². The SMILES string of the molecule is CCOc1cc(/C=N\NC(=O)c2cccc(OC)c2)ccc1OCc1cccc(Cl)c1. The van der Waals surface area contributed by atoms with Crippen molar-refractivity contribution < 1.29 is 19.0 Å². The van der Waals surface area contributed by atoms with Gasteiger partial charge in [-0.15, -0.1) is 0 Å². The van der Waals surface area contributed by atoms with E-state index in [1.807, 2.05) is 37.3 Å². The molecule has 160 valence electrons. The Labute approximate surface area is 186 Å². The van der Waals surface area contributed by atoms with E-state index >= 15 is 0 Å². The summed E-state index contributed by atoms with van der Waals surface area (Å²) < 4.78 is 16.7. The average molecular weight is 439 g/mol. The van der Waals surface area contributed by atoms with E-state index in [1.165, 1.54) is 0 Å². The Kier molecular flexibility index (Phi) is 7.90. The maximum absolute atomic E-state index is 12.2. The molecule has 0 aliphatic carbocycles. The van der Waals surface area contributed by atoms with Crippen LogP contribution in [0.5, 0.6) is 17.2 Å². The van der Waals surface area contributed by atoms with Crippen LogP contribution < -0.4 is 19.6 Å². The summed E-state index contributed by atoms with van der Waals surface area (Å²) in [6.45, 7) is 2.75. The lowest BCUT2D eigenvalue weighted by Gasteiger charge is -2.12. The Balaban J connectivity index is 1.65. The normalized spacial score (nSPS) is 10.7. The van der Waals surface area contributed by atoms with Crippen molar-refractivity contribution in [1.82, 2.24) is 5.43 Å². The molecule has 0 saturated heterocycles. The van der Waals surface area contributed by atoms with Crippen LogP contribution in [0.15, 0.2) is 71.8 Å². The van der Waals surface area contributed by atoms with Gasteiger partial charge in [0.15, 0.2) is 11.5 Å². The van der Waals surface area contributed by atoms with Gasteiger partial charge in [-0.05, 0) is 66.6 Å². The minimum Gasteiger partial charge on any atom is -0.497 e. The second-order valence-electron chi connectivity index (χ2n) is 6.49. The summed E-state index contributed by atoms with van der Waals surface area (Å²) in [5, 5.41) is 4.69.